The largest absolute Gasteiger partial charge is 0.624 e. The Morgan fingerprint density at radius 2 is 1.84 bits per heavy atom. The molecular formula is C19H25NO5. The van der Waals surface area contributed by atoms with E-state index in [0.717, 1.165) is 5.56 Å². The molecular weight excluding hydrogens is 322 g/mol. The summed E-state index contributed by atoms with van der Waals surface area (Å²) in [5, 5.41) is 12.3. The molecule has 0 saturated heterocycles. The number of hydroxylamine groups is 1. The standard InChI is InChI=1S/C19H25NO5/c1-4-12-24-17(18(25-13-5-2)19(21)23-6-3)15-20(22)14-16-10-8-7-9-11-16/h4-5,7-11,15,17-18H,1-2,6,12-14H2,3H3/b20-15-/t17-,18+/m0/s1. The van der Waals surface area contributed by atoms with Gasteiger partial charge in [-0.05, 0) is 6.92 Å². The zero-order valence-corrected chi connectivity index (χ0v) is 14.5. The molecule has 1 aromatic rings. The lowest BCUT2D eigenvalue weighted by molar-refractivity contribution is -0.473. The van der Waals surface area contributed by atoms with Gasteiger partial charge in [0, 0.05) is 5.56 Å². The van der Waals surface area contributed by atoms with Crippen molar-refractivity contribution in [2.45, 2.75) is 25.7 Å². The quantitative estimate of drug-likeness (QED) is 0.145. The molecule has 0 aliphatic heterocycles. The van der Waals surface area contributed by atoms with Gasteiger partial charge in [-0.2, -0.15) is 0 Å². The van der Waals surface area contributed by atoms with E-state index >= 15 is 0 Å². The minimum atomic E-state index is -1.06. The third kappa shape index (κ3) is 7.78. The number of ether oxygens (including phenoxy) is 3. The van der Waals surface area contributed by atoms with Gasteiger partial charge in [0.15, 0.2) is 25.0 Å². The van der Waals surface area contributed by atoms with Gasteiger partial charge in [-0.25, -0.2) is 9.53 Å². The van der Waals surface area contributed by atoms with Crippen LogP contribution in [0, 0.1) is 5.21 Å². The lowest BCUT2D eigenvalue weighted by Crippen LogP contribution is -2.42. The van der Waals surface area contributed by atoms with E-state index in [9.17, 15) is 10.0 Å². The van der Waals surface area contributed by atoms with Gasteiger partial charge >= 0.3 is 5.97 Å². The monoisotopic (exact) mass is 347 g/mol. The van der Waals surface area contributed by atoms with Gasteiger partial charge in [-0.1, -0.05) is 42.5 Å². The van der Waals surface area contributed by atoms with Gasteiger partial charge in [-0.15, -0.1) is 13.2 Å². The Balaban J connectivity index is 2.96. The minimum absolute atomic E-state index is 0.128. The van der Waals surface area contributed by atoms with E-state index in [1.807, 2.05) is 30.3 Å². The van der Waals surface area contributed by atoms with Crippen molar-refractivity contribution in [2.24, 2.45) is 0 Å². The highest BCUT2D eigenvalue weighted by Crippen LogP contribution is 2.08. The third-order valence-corrected chi connectivity index (χ3v) is 3.11. The Kier molecular flexibility index (Phi) is 9.89. The van der Waals surface area contributed by atoms with Crippen molar-refractivity contribution in [3.05, 3.63) is 66.4 Å². The summed E-state index contributed by atoms with van der Waals surface area (Å²) in [6, 6.07) is 9.26. The SMILES string of the molecule is C=CCO[C@@H](/C=[N+](\[O-])Cc1ccccc1)[C@@H](OCC=C)C(=O)OCC. The lowest BCUT2D eigenvalue weighted by atomic mass is 10.2. The zero-order chi connectivity index (χ0) is 18.5. The Morgan fingerprint density at radius 3 is 2.44 bits per heavy atom. The number of benzene rings is 1. The molecule has 1 aromatic carbocycles. The molecule has 6 heteroatoms. The summed E-state index contributed by atoms with van der Waals surface area (Å²) in [6.45, 7) is 9.45. The number of rotatable bonds is 12. The second-order valence-corrected chi connectivity index (χ2v) is 5.09. The van der Waals surface area contributed by atoms with Crippen molar-refractivity contribution in [3.8, 4) is 0 Å². The Hall–Kier alpha value is -2.44. The normalized spacial score (nSPS) is 13.7. The molecule has 0 heterocycles. The maximum absolute atomic E-state index is 12.3. The first-order chi connectivity index (χ1) is 12.1. The van der Waals surface area contributed by atoms with Gasteiger partial charge in [0.25, 0.3) is 0 Å². The lowest BCUT2D eigenvalue weighted by Gasteiger charge is -2.22. The molecule has 0 saturated carbocycles. The number of nitrogens with zero attached hydrogens (tertiary/aromatic N) is 1. The fraction of sp³-hybridized carbons (Fsp3) is 0.368. The summed E-state index contributed by atoms with van der Waals surface area (Å²) in [5.74, 6) is -0.595. The molecule has 2 atom stereocenters. The summed E-state index contributed by atoms with van der Waals surface area (Å²) in [7, 11) is 0. The number of carbonyl (C=O) groups is 1. The van der Waals surface area contributed by atoms with Gasteiger partial charge < -0.3 is 19.4 Å². The van der Waals surface area contributed by atoms with Crippen molar-refractivity contribution < 1.29 is 23.7 Å². The first-order valence-electron chi connectivity index (χ1n) is 8.06. The van der Waals surface area contributed by atoms with Crippen LogP contribution in [0.3, 0.4) is 0 Å². The van der Waals surface area contributed by atoms with Crippen LogP contribution < -0.4 is 0 Å². The van der Waals surface area contributed by atoms with E-state index in [1.165, 1.54) is 18.4 Å². The number of carbonyl (C=O) groups excluding carboxylic acids is 1. The van der Waals surface area contributed by atoms with E-state index in [-0.39, 0.29) is 26.4 Å². The van der Waals surface area contributed by atoms with E-state index in [2.05, 4.69) is 13.2 Å². The van der Waals surface area contributed by atoms with Crippen molar-refractivity contribution >= 4 is 12.2 Å². The van der Waals surface area contributed by atoms with Gasteiger partial charge in [-0.3, -0.25) is 0 Å². The first-order valence-corrected chi connectivity index (χ1v) is 8.06. The van der Waals surface area contributed by atoms with Crippen molar-refractivity contribution in [2.75, 3.05) is 19.8 Å². The van der Waals surface area contributed by atoms with Crippen LogP contribution in [0.1, 0.15) is 12.5 Å². The van der Waals surface area contributed by atoms with Crippen LogP contribution in [0.15, 0.2) is 55.6 Å². The summed E-state index contributed by atoms with van der Waals surface area (Å²) in [6.07, 6.45) is 2.35. The van der Waals surface area contributed by atoms with Gasteiger partial charge in [0.05, 0.1) is 19.8 Å². The molecule has 1 rings (SSSR count). The summed E-state index contributed by atoms with van der Waals surface area (Å²) < 4.78 is 16.8. The fourth-order valence-corrected chi connectivity index (χ4v) is 2.06. The topological polar surface area (TPSA) is 70.8 Å². The van der Waals surface area contributed by atoms with Crippen molar-refractivity contribution in [1.29, 1.82) is 0 Å². The third-order valence-electron chi connectivity index (χ3n) is 3.11. The Morgan fingerprint density at radius 1 is 1.20 bits per heavy atom. The molecule has 0 aliphatic carbocycles. The molecule has 0 aromatic heterocycles. The molecule has 0 fully saturated rings. The van der Waals surface area contributed by atoms with Crippen LogP contribution in [0.25, 0.3) is 0 Å². The average Bonchev–Trinajstić information content (AvgIpc) is 2.60. The van der Waals surface area contributed by atoms with Crippen LogP contribution in [0.4, 0.5) is 0 Å². The number of esters is 1. The van der Waals surface area contributed by atoms with Crippen LogP contribution in [0.2, 0.25) is 0 Å². The van der Waals surface area contributed by atoms with Crippen LogP contribution in [0.5, 0.6) is 0 Å². The highest BCUT2D eigenvalue weighted by Gasteiger charge is 2.32. The molecule has 6 nitrogen and oxygen atoms in total. The fourth-order valence-electron chi connectivity index (χ4n) is 2.06. The predicted octanol–water partition coefficient (Wildman–Crippen LogP) is 2.47. The Bertz CT molecular complexity index is 570. The molecule has 0 amide bonds. The second-order valence-electron chi connectivity index (χ2n) is 5.09. The maximum atomic E-state index is 12.3. The second kappa shape index (κ2) is 12.0. The highest BCUT2D eigenvalue weighted by atomic mass is 16.6. The summed E-state index contributed by atoms with van der Waals surface area (Å²) in [5.41, 5.74) is 0.843. The smallest absolute Gasteiger partial charge is 0.338 e. The van der Waals surface area contributed by atoms with Gasteiger partial charge in [0.2, 0.25) is 0 Å². The molecule has 0 aliphatic rings. The number of hydrogen-bond acceptors (Lipinski definition) is 5. The molecule has 136 valence electrons. The first kappa shape index (κ1) is 20.6. The molecule has 0 N–H and O–H groups in total. The molecule has 0 radical (unpaired) electrons. The summed E-state index contributed by atoms with van der Waals surface area (Å²) in [4.78, 5) is 12.2. The molecule has 0 bridgehead atoms. The van der Waals surface area contributed by atoms with Crippen LogP contribution >= 0.6 is 0 Å². The van der Waals surface area contributed by atoms with E-state index in [1.54, 1.807) is 6.92 Å². The van der Waals surface area contributed by atoms with Crippen LogP contribution in [-0.4, -0.2) is 49.0 Å². The molecule has 0 unspecified atom stereocenters. The van der Waals surface area contributed by atoms with Crippen molar-refractivity contribution in [1.82, 2.24) is 0 Å². The van der Waals surface area contributed by atoms with E-state index in [0.29, 0.717) is 4.74 Å². The summed E-state index contributed by atoms with van der Waals surface area (Å²) >= 11 is 0. The molecule has 25 heavy (non-hydrogen) atoms. The van der Waals surface area contributed by atoms with Crippen molar-refractivity contribution in [3.63, 3.8) is 0 Å². The molecule has 0 spiro atoms. The van der Waals surface area contributed by atoms with Gasteiger partial charge in [0.1, 0.15) is 0 Å². The maximum Gasteiger partial charge on any atom is 0.338 e. The Labute approximate surface area is 148 Å². The number of hydrogen-bond donors (Lipinski definition) is 0. The minimum Gasteiger partial charge on any atom is -0.624 e. The van der Waals surface area contributed by atoms with E-state index in [4.69, 9.17) is 14.2 Å². The zero-order valence-electron chi connectivity index (χ0n) is 14.5. The highest BCUT2D eigenvalue weighted by molar-refractivity contribution is 5.80. The van der Waals surface area contributed by atoms with E-state index < -0.39 is 18.2 Å². The average molecular weight is 347 g/mol. The predicted molar refractivity (Wildman–Crippen MR) is 96.3 cm³/mol. The van der Waals surface area contributed by atoms with Crippen LogP contribution in [-0.2, 0) is 25.5 Å².